The molecule has 0 aliphatic heterocycles. The monoisotopic (exact) mass is 205 g/mol. The molecule has 0 saturated heterocycles. The number of carboxylic acids is 1. The van der Waals surface area contributed by atoms with Gasteiger partial charge in [-0.3, -0.25) is 0 Å². The van der Waals surface area contributed by atoms with Gasteiger partial charge in [0.2, 0.25) is 0 Å². The molecule has 3 nitrogen and oxygen atoms in total. The number of hydrogen-bond acceptors (Lipinski definition) is 2. The van der Waals surface area contributed by atoms with E-state index in [1.807, 2.05) is 13.8 Å². The van der Waals surface area contributed by atoms with Gasteiger partial charge in [-0.2, -0.15) is 0 Å². The van der Waals surface area contributed by atoms with Crippen molar-refractivity contribution in [2.24, 2.45) is 0 Å². The van der Waals surface area contributed by atoms with E-state index >= 15 is 0 Å². The van der Waals surface area contributed by atoms with Crippen molar-refractivity contribution in [2.75, 3.05) is 0 Å². The molecular formula is C12H15NO2. The van der Waals surface area contributed by atoms with Gasteiger partial charge in [0.25, 0.3) is 0 Å². The first-order valence-electron chi connectivity index (χ1n) is 5.33. The van der Waals surface area contributed by atoms with Gasteiger partial charge in [0, 0.05) is 5.69 Å². The lowest BCUT2D eigenvalue weighted by atomic mass is 9.90. The predicted octanol–water partition coefficient (Wildman–Crippen LogP) is 2.28. The molecule has 15 heavy (non-hydrogen) atoms. The molecule has 1 N–H and O–H groups in total. The zero-order chi connectivity index (χ0) is 11.0. The number of fused-ring (bicyclic) bond motifs is 1. The van der Waals surface area contributed by atoms with Gasteiger partial charge in [-0.05, 0) is 56.2 Å². The van der Waals surface area contributed by atoms with Gasteiger partial charge in [-0.25, -0.2) is 9.78 Å². The topological polar surface area (TPSA) is 50.2 Å². The highest BCUT2D eigenvalue weighted by molar-refractivity contribution is 5.87. The maximum absolute atomic E-state index is 11.0. The van der Waals surface area contributed by atoms with Crippen LogP contribution in [0.15, 0.2) is 0 Å². The van der Waals surface area contributed by atoms with Gasteiger partial charge in [0.15, 0.2) is 5.69 Å². The highest BCUT2D eigenvalue weighted by atomic mass is 16.4. The van der Waals surface area contributed by atoms with Crippen LogP contribution in [0.4, 0.5) is 0 Å². The summed E-state index contributed by atoms with van der Waals surface area (Å²) in [5.41, 5.74) is 4.46. The molecule has 1 aromatic rings. The highest BCUT2D eigenvalue weighted by Crippen LogP contribution is 2.26. The van der Waals surface area contributed by atoms with E-state index in [0.29, 0.717) is 0 Å². The van der Waals surface area contributed by atoms with E-state index in [1.165, 1.54) is 12.0 Å². The number of pyridine rings is 1. The Labute approximate surface area is 89.2 Å². The van der Waals surface area contributed by atoms with Crippen LogP contribution in [0.3, 0.4) is 0 Å². The zero-order valence-corrected chi connectivity index (χ0v) is 9.13. The molecule has 0 aromatic carbocycles. The van der Waals surface area contributed by atoms with Crippen molar-refractivity contribution in [1.82, 2.24) is 4.98 Å². The van der Waals surface area contributed by atoms with Crippen molar-refractivity contribution in [3.05, 3.63) is 28.1 Å². The van der Waals surface area contributed by atoms with Crippen molar-refractivity contribution >= 4 is 5.97 Å². The summed E-state index contributed by atoms with van der Waals surface area (Å²) in [6, 6.07) is 0. The number of carbonyl (C=O) groups is 1. The Balaban J connectivity index is 2.63. The normalized spacial score (nSPS) is 14.8. The maximum atomic E-state index is 11.0. The minimum absolute atomic E-state index is 0.230. The Morgan fingerprint density at radius 3 is 2.53 bits per heavy atom. The molecule has 0 amide bonds. The van der Waals surface area contributed by atoms with Crippen LogP contribution in [0.25, 0.3) is 0 Å². The minimum Gasteiger partial charge on any atom is -0.477 e. The van der Waals surface area contributed by atoms with Gasteiger partial charge in [-0.1, -0.05) is 0 Å². The lowest BCUT2D eigenvalue weighted by molar-refractivity contribution is 0.0689. The zero-order valence-electron chi connectivity index (χ0n) is 9.13. The molecule has 1 aliphatic rings. The van der Waals surface area contributed by atoms with E-state index in [-0.39, 0.29) is 5.69 Å². The summed E-state index contributed by atoms with van der Waals surface area (Å²) in [6.07, 6.45) is 4.30. The van der Waals surface area contributed by atoms with Gasteiger partial charge in [0.05, 0.1) is 0 Å². The van der Waals surface area contributed by atoms with E-state index in [4.69, 9.17) is 5.11 Å². The standard InChI is InChI=1S/C12H15NO2/c1-7-8(2)11(12(14)15)13-10-6-4-3-5-9(7)10/h3-6H2,1-2H3,(H,14,15). The third kappa shape index (κ3) is 1.62. The summed E-state index contributed by atoms with van der Waals surface area (Å²) in [5, 5.41) is 9.03. The molecule has 0 bridgehead atoms. The van der Waals surface area contributed by atoms with Crippen molar-refractivity contribution in [2.45, 2.75) is 39.5 Å². The fourth-order valence-electron chi connectivity index (χ4n) is 2.25. The second-order valence-electron chi connectivity index (χ2n) is 4.15. The molecule has 3 heteroatoms. The predicted molar refractivity (Wildman–Crippen MR) is 57.3 cm³/mol. The molecule has 1 aromatic heterocycles. The van der Waals surface area contributed by atoms with E-state index < -0.39 is 5.97 Å². The van der Waals surface area contributed by atoms with Crippen LogP contribution in [0.1, 0.15) is 45.7 Å². The SMILES string of the molecule is Cc1c(C(=O)O)nc2c(c1C)CCCC2. The minimum atomic E-state index is -0.913. The fraction of sp³-hybridized carbons (Fsp3) is 0.500. The Bertz CT molecular complexity index is 424. The number of carboxylic acid groups (broad SMARTS) is 1. The Kier molecular flexibility index (Phi) is 2.47. The van der Waals surface area contributed by atoms with Crippen LogP contribution in [0.5, 0.6) is 0 Å². The van der Waals surface area contributed by atoms with Crippen molar-refractivity contribution in [1.29, 1.82) is 0 Å². The number of rotatable bonds is 1. The van der Waals surface area contributed by atoms with Crippen LogP contribution in [0.2, 0.25) is 0 Å². The van der Waals surface area contributed by atoms with Crippen LogP contribution in [-0.4, -0.2) is 16.1 Å². The number of nitrogens with zero attached hydrogens (tertiary/aromatic N) is 1. The number of aryl methyl sites for hydroxylation is 1. The van der Waals surface area contributed by atoms with Crippen molar-refractivity contribution in [3.8, 4) is 0 Å². The largest absolute Gasteiger partial charge is 0.477 e. The second kappa shape index (κ2) is 3.65. The summed E-state index contributed by atoms with van der Waals surface area (Å²) >= 11 is 0. The third-order valence-electron chi connectivity index (χ3n) is 3.26. The smallest absolute Gasteiger partial charge is 0.354 e. The van der Waals surface area contributed by atoms with E-state index in [2.05, 4.69) is 4.98 Å². The molecule has 1 heterocycles. The first kappa shape index (κ1) is 10.1. The van der Waals surface area contributed by atoms with Gasteiger partial charge in [-0.15, -0.1) is 0 Å². The molecule has 0 radical (unpaired) electrons. The van der Waals surface area contributed by atoms with E-state index in [1.54, 1.807) is 0 Å². The summed E-state index contributed by atoms with van der Waals surface area (Å²) in [5.74, 6) is -0.913. The van der Waals surface area contributed by atoms with Gasteiger partial charge >= 0.3 is 5.97 Å². The molecule has 0 unspecified atom stereocenters. The number of aromatic nitrogens is 1. The van der Waals surface area contributed by atoms with E-state index in [0.717, 1.165) is 36.1 Å². The average molecular weight is 205 g/mol. The Morgan fingerprint density at radius 2 is 1.87 bits per heavy atom. The molecule has 0 spiro atoms. The molecule has 0 atom stereocenters. The third-order valence-corrected chi connectivity index (χ3v) is 3.26. The van der Waals surface area contributed by atoms with Crippen molar-refractivity contribution in [3.63, 3.8) is 0 Å². The summed E-state index contributed by atoms with van der Waals surface area (Å²) < 4.78 is 0. The lowest BCUT2D eigenvalue weighted by Gasteiger charge is -2.19. The summed E-state index contributed by atoms with van der Waals surface area (Å²) in [6.45, 7) is 3.86. The molecule has 0 fully saturated rings. The van der Waals surface area contributed by atoms with Crippen molar-refractivity contribution < 1.29 is 9.90 Å². The first-order valence-corrected chi connectivity index (χ1v) is 5.33. The first-order chi connectivity index (χ1) is 7.11. The molecule has 1 aliphatic carbocycles. The molecule has 2 rings (SSSR count). The van der Waals surface area contributed by atoms with E-state index in [9.17, 15) is 4.79 Å². The molecular weight excluding hydrogens is 190 g/mol. The van der Waals surface area contributed by atoms with Gasteiger partial charge in [0.1, 0.15) is 0 Å². The summed E-state index contributed by atoms with van der Waals surface area (Å²) in [7, 11) is 0. The second-order valence-corrected chi connectivity index (χ2v) is 4.15. The van der Waals surface area contributed by atoms with Crippen LogP contribution in [0, 0.1) is 13.8 Å². The number of hydrogen-bond donors (Lipinski definition) is 1. The summed E-state index contributed by atoms with van der Waals surface area (Å²) in [4.78, 5) is 15.3. The van der Waals surface area contributed by atoms with Crippen LogP contribution >= 0.6 is 0 Å². The highest BCUT2D eigenvalue weighted by Gasteiger charge is 2.19. The maximum Gasteiger partial charge on any atom is 0.354 e. The van der Waals surface area contributed by atoms with Gasteiger partial charge < -0.3 is 5.11 Å². The molecule has 80 valence electrons. The Hall–Kier alpha value is -1.38. The quantitative estimate of drug-likeness (QED) is 0.765. The molecule has 0 saturated carbocycles. The van der Waals surface area contributed by atoms with Crippen LogP contribution < -0.4 is 0 Å². The van der Waals surface area contributed by atoms with Crippen LogP contribution in [-0.2, 0) is 12.8 Å². The Morgan fingerprint density at radius 1 is 1.20 bits per heavy atom. The number of aromatic carboxylic acids is 1. The lowest BCUT2D eigenvalue weighted by Crippen LogP contribution is -2.14. The average Bonchev–Trinajstić information content (AvgIpc) is 2.23. The fourth-order valence-corrected chi connectivity index (χ4v) is 2.25.